The van der Waals surface area contributed by atoms with Gasteiger partial charge in [0.1, 0.15) is 0 Å². The van der Waals surface area contributed by atoms with Crippen LogP contribution in [0.25, 0.3) is 67.3 Å². The summed E-state index contributed by atoms with van der Waals surface area (Å²) in [6.07, 6.45) is 7.69. The molecule has 4 heteroatoms. The van der Waals surface area contributed by atoms with Crippen LogP contribution >= 0.6 is 0 Å². The van der Waals surface area contributed by atoms with E-state index in [4.69, 9.17) is 19.9 Å². The summed E-state index contributed by atoms with van der Waals surface area (Å²) in [5.41, 5.74) is 15.7. The molecule has 4 nitrogen and oxygen atoms in total. The molecule has 2 aliphatic carbocycles. The summed E-state index contributed by atoms with van der Waals surface area (Å²) in [6.45, 7) is 0. The van der Waals surface area contributed by atoms with Crippen LogP contribution in [0.4, 0.5) is 0 Å². The van der Waals surface area contributed by atoms with Crippen molar-refractivity contribution in [2.45, 2.75) is 5.41 Å². The highest BCUT2D eigenvalue weighted by Gasteiger charge is 2.51. The van der Waals surface area contributed by atoms with E-state index >= 15 is 0 Å². The van der Waals surface area contributed by atoms with Gasteiger partial charge in [0.2, 0.25) is 0 Å². The molecule has 2 heterocycles. The Balaban J connectivity index is 1.16. The second kappa shape index (κ2) is 10.8. The molecule has 1 spiro atoms. The Morgan fingerprint density at radius 3 is 1.08 bits per heavy atom. The summed E-state index contributed by atoms with van der Waals surface area (Å²) < 4.78 is 0. The van der Waals surface area contributed by atoms with Crippen LogP contribution in [0.1, 0.15) is 22.3 Å². The van der Waals surface area contributed by atoms with Crippen molar-refractivity contribution in [2.75, 3.05) is 0 Å². The van der Waals surface area contributed by atoms with Crippen molar-refractivity contribution >= 4 is 0 Å². The lowest BCUT2D eigenvalue weighted by Gasteiger charge is -2.31. The summed E-state index contributed by atoms with van der Waals surface area (Å²) in [5, 5.41) is 0. The van der Waals surface area contributed by atoms with Gasteiger partial charge in [0.15, 0.2) is 11.6 Å². The van der Waals surface area contributed by atoms with Crippen LogP contribution in [0.15, 0.2) is 170 Å². The van der Waals surface area contributed by atoms with Gasteiger partial charge >= 0.3 is 0 Å². The molecule has 2 aromatic heterocycles. The third-order valence-electron chi connectivity index (χ3n) is 10.1. The van der Waals surface area contributed by atoms with Crippen LogP contribution in [-0.2, 0) is 5.41 Å². The maximum atomic E-state index is 4.86. The van der Waals surface area contributed by atoms with Gasteiger partial charge in [0, 0.05) is 47.0 Å². The van der Waals surface area contributed by atoms with Crippen molar-refractivity contribution in [1.82, 2.24) is 19.9 Å². The lowest BCUT2D eigenvalue weighted by molar-refractivity contribution is 0.794. The van der Waals surface area contributed by atoms with E-state index in [1.165, 1.54) is 44.5 Å². The molecule has 0 N–H and O–H groups in total. The van der Waals surface area contributed by atoms with E-state index in [2.05, 4.69) is 109 Å². The van der Waals surface area contributed by atoms with E-state index in [-0.39, 0.29) is 0 Å². The number of fused-ring (bicyclic) bond motifs is 10. The number of aromatic nitrogens is 4. The van der Waals surface area contributed by atoms with E-state index in [0.29, 0.717) is 11.6 Å². The van der Waals surface area contributed by atoms with Gasteiger partial charge in [-0.3, -0.25) is 0 Å². The van der Waals surface area contributed by atoms with Crippen LogP contribution in [0.5, 0.6) is 0 Å². The van der Waals surface area contributed by atoms with Crippen molar-refractivity contribution in [3.05, 3.63) is 193 Å². The molecular weight excluding hydrogens is 597 g/mol. The fourth-order valence-electron chi connectivity index (χ4n) is 7.93. The van der Waals surface area contributed by atoms with E-state index in [9.17, 15) is 0 Å². The number of nitrogens with zero attached hydrogens (tertiary/aromatic N) is 4. The third-order valence-corrected chi connectivity index (χ3v) is 10.1. The third kappa shape index (κ3) is 4.11. The van der Waals surface area contributed by atoms with Crippen LogP contribution in [-0.4, -0.2) is 19.9 Å². The second-order valence-corrected chi connectivity index (χ2v) is 12.7. The first kappa shape index (κ1) is 27.6. The molecule has 228 valence electrons. The summed E-state index contributed by atoms with van der Waals surface area (Å²) in [4.78, 5) is 19.4. The van der Waals surface area contributed by atoms with Crippen LogP contribution in [0, 0.1) is 0 Å². The molecule has 49 heavy (non-hydrogen) atoms. The maximum Gasteiger partial charge on any atom is 0.159 e. The summed E-state index contributed by atoms with van der Waals surface area (Å²) >= 11 is 0. The quantitative estimate of drug-likeness (QED) is 0.196. The van der Waals surface area contributed by atoms with Gasteiger partial charge in [-0.15, -0.1) is 0 Å². The van der Waals surface area contributed by atoms with Crippen molar-refractivity contribution in [1.29, 1.82) is 0 Å². The maximum absolute atomic E-state index is 4.86. The standard InChI is InChI=1S/C45H28N4/c1-3-11-29(12-4-1)33-25-46-43(47-26-33)31-19-21-37-38-22-20-32(44-48-27-34(28-49-44)30-13-5-2-6-14-30)24-42(38)45(41(37)23-31)39-17-9-7-15-35(39)36-16-8-10-18-40(36)45/h1-28H. The predicted octanol–water partition coefficient (Wildman–Crippen LogP) is 10.3. The lowest BCUT2D eigenvalue weighted by Crippen LogP contribution is -2.26. The van der Waals surface area contributed by atoms with E-state index < -0.39 is 5.41 Å². The fourth-order valence-corrected chi connectivity index (χ4v) is 7.93. The van der Waals surface area contributed by atoms with E-state index in [1.54, 1.807) is 0 Å². The Morgan fingerprint density at radius 2 is 0.653 bits per heavy atom. The summed E-state index contributed by atoms with van der Waals surface area (Å²) in [6, 6.07) is 51.7. The van der Waals surface area contributed by atoms with Gasteiger partial charge in [0.05, 0.1) is 5.41 Å². The van der Waals surface area contributed by atoms with Crippen molar-refractivity contribution < 1.29 is 0 Å². The van der Waals surface area contributed by atoms with Gasteiger partial charge in [-0.2, -0.15) is 0 Å². The molecule has 0 saturated carbocycles. The molecule has 0 aliphatic heterocycles. The highest BCUT2D eigenvalue weighted by molar-refractivity contribution is 5.96. The number of hydrogen-bond donors (Lipinski definition) is 0. The molecule has 0 unspecified atom stereocenters. The highest BCUT2D eigenvalue weighted by Crippen LogP contribution is 2.63. The van der Waals surface area contributed by atoms with Gasteiger partial charge in [0.25, 0.3) is 0 Å². The Morgan fingerprint density at radius 1 is 0.286 bits per heavy atom. The molecule has 0 bridgehead atoms. The molecule has 8 aromatic rings. The zero-order valence-corrected chi connectivity index (χ0v) is 26.5. The topological polar surface area (TPSA) is 51.6 Å². The van der Waals surface area contributed by atoms with Crippen LogP contribution < -0.4 is 0 Å². The molecule has 10 rings (SSSR count). The van der Waals surface area contributed by atoms with Crippen molar-refractivity contribution in [2.24, 2.45) is 0 Å². The minimum Gasteiger partial charge on any atom is -0.236 e. The monoisotopic (exact) mass is 624 g/mol. The van der Waals surface area contributed by atoms with Gasteiger partial charge in [-0.1, -0.05) is 133 Å². The summed E-state index contributed by atoms with van der Waals surface area (Å²) in [7, 11) is 0. The Kier molecular flexibility index (Phi) is 6.06. The van der Waals surface area contributed by atoms with Gasteiger partial charge in [-0.05, 0) is 67.8 Å². The van der Waals surface area contributed by atoms with Crippen LogP contribution in [0.3, 0.4) is 0 Å². The smallest absolute Gasteiger partial charge is 0.159 e. The first-order valence-corrected chi connectivity index (χ1v) is 16.5. The Bertz CT molecular complexity index is 2340. The summed E-state index contributed by atoms with van der Waals surface area (Å²) in [5.74, 6) is 1.42. The van der Waals surface area contributed by atoms with Crippen molar-refractivity contribution in [3.63, 3.8) is 0 Å². The average molecular weight is 625 g/mol. The van der Waals surface area contributed by atoms with E-state index in [1.807, 2.05) is 61.2 Å². The van der Waals surface area contributed by atoms with Gasteiger partial charge in [-0.25, -0.2) is 19.9 Å². The number of rotatable bonds is 4. The Hall–Kier alpha value is -6.52. The zero-order valence-electron chi connectivity index (χ0n) is 26.5. The Labute approximate surface area is 284 Å². The normalized spacial score (nSPS) is 13.1. The first-order chi connectivity index (χ1) is 24.3. The first-order valence-electron chi connectivity index (χ1n) is 16.5. The van der Waals surface area contributed by atoms with Crippen LogP contribution in [0.2, 0.25) is 0 Å². The molecule has 6 aromatic carbocycles. The average Bonchev–Trinajstić information content (AvgIpc) is 3.65. The van der Waals surface area contributed by atoms with Crippen molar-refractivity contribution in [3.8, 4) is 67.3 Å². The second-order valence-electron chi connectivity index (χ2n) is 12.7. The number of benzene rings is 6. The molecule has 2 aliphatic rings. The minimum atomic E-state index is -0.516. The van der Waals surface area contributed by atoms with E-state index in [0.717, 1.165) is 33.4 Å². The lowest BCUT2D eigenvalue weighted by atomic mass is 9.70. The molecule has 0 atom stereocenters. The van der Waals surface area contributed by atoms with Gasteiger partial charge < -0.3 is 0 Å². The molecule has 0 amide bonds. The number of hydrogen-bond acceptors (Lipinski definition) is 4. The minimum absolute atomic E-state index is 0.516. The largest absolute Gasteiger partial charge is 0.236 e. The highest BCUT2D eigenvalue weighted by atomic mass is 14.9. The molecule has 0 radical (unpaired) electrons. The zero-order chi connectivity index (χ0) is 32.4. The SMILES string of the molecule is c1ccc(-c2cnc(-c3ccc4c(c3)C3(c5ccccc5-c5ccccc53)c3cc(-c5ncc(-c6ccccc6)cn5)ccc3-4)nc2)cc1. The fraction of sp³-hybridized carbons (Fsp3) is 0.0222. The predicted molar refractivity (Wildman–Crippen MR) is 196 cm³/mol. The molecule has 0 fully saturated rings. The molecular formula is C45H28N4. The molecule has 0 saturated heterocycles.